The Bertz CT molecular complexity index is 3610. The number of hydrogen-bond acceptors (Lipinski definition) is 11. The van der Waals surface area contributed by atoms with Crippen LogP contribution in [0.4, 0.5) is 20.2 Å². The number of amides is 2. The van der Waals surface area contributed by atoms with E-state index in [-0.39, 0.29) is 75.6 Å². The van der Waals surface area contributed by atoms with E-state index < -0.39 is 60.8 Å². The molecule has 0 spiro atoms. The fourth-order valence-electron chi connectivity index (χ4n) is 11.5. The zero-order chi connectivity index (χ0) is 63.8. The summed E-state index contributed by atoms with van der Waals surface area (Å²) in [6.45, 7) is 7.77. The molecule has 90 heavy (non-hydrogen) atoms. The molecule has 4 atom stereocenters. The quantitative estimate of drug-likeness (QED) is 0.0254. The topological polar surface area (TPSA) is 214 Å². The number of esters is 2. The van der Waals surface area contributed by atoms with E-state index in [0.29, 0.717) is 78.9 Å². The molecular formula is C73H75F2N5O10. The first-order valence-corrected chi connectivity index (χ1v) is 30.3. The number of rotatable bonds is 28. The lowest BCUT2D eigenvalue weighted by Crippen LogP contribution is -2.24. The van der Waals surface area contributed by atoms with Gasteiger partial charge in [0.1, 0.15) is 24.8 Å². The average Bonchev–Trinajstić information content (AvgIpc) is 1.76. The lowest BCUT2D eigenvalue weighted by molar-refractivity contribution is -0.148. The second-order valence-electron chi connectivity index (χ2n) is 23.0. The van der Waals surface area contributed by atoms with Crippen LogP contribution in [-0.2, 0) is 45.4 Å². The van der Waals surface area contributed by atoms with Crippen molar-refractivity contribution >= 4 is 35.1 Å². The Morgan fingerprint density at radius 3 is 1.13 bits per heavy atom. The maximum atomic E-state index is 14.5. The third-order valence-electron chi connectivity index (χ3n) is 15.5. The molecule has 0 saturated carbocycles. The normalized spacial score (nSPS) is 12.8. The van der Waals surface area contributed by atoms with Gasteiger partial charge < -0.3 is 49.7 Å². The number of nitrogens with one attached hydrogen (secondary N) is 2. The molecule has 17 heteroatoms. The van der Waals surface area contributed by atoms with Gasteiger partial charge in [-0.15, -0.1) is 0 Å². The molecule has 9 aromatic rings. The maximum absolute atomic E-state index is 14.5. The molecule has 0 unspecified atom stereocenters. The Hall–Kier alpha value is -9.39. The van der Waals surface area contributed by atoms with E-state index in [1.54, 1.807) is 66.7 Å². The second kappa shape index (κ2) is 30.7. The van der Waals surface area contributed by atoms with Crippen molar-refractivity contribution in [2.45, 2.75) is 129 Å². The van der Waals surface area contributed by atoms with Crippen LogP contribution in [-0.4, -0.2) is 82.7 Å². The number of nitrogens with zero attached hydrogens (tertiary/aromatic N) is 3. The largest absolute Gasteiger partial charge is 0.459 e. The number of halogens is 2. The van der Waals surface area contributed by atoms with Crippen molar-refractivity contribution in [1.82, 2.24) is 14.1 Å². The van der Waals surface area contributed by atoms with Crippen LogP contribution in [0.3, 0.4) is 0 Å². The Balaban J connectivity index is 0.785. The number of aliphatic hydroxyl groups excluding tert-OH is 4. The standard InChI is InChI=1S/C73H75F2N5O10/c1-46(2)68-66(72(87)77-54-22-13-7-14-23-54)64(48-18-9-5-10-19-48)70(50-28-32-52(74)33-29-50)79(68)38-36-58(81)40-60(83)42-62(85)89-44-56-26-17-27-57(76-56)45-90-63(86)43-61(84)41-59(82)37-39-80-69(47(3)4)67(73(88)78-55-24-15-8-16-25-55)65(49-20-11-6-12-21-49)71(80)51-30-34-53(75)35-31-51/h5-35,46-47,58-61,81-84H,36-45H2,1-4H3,(H,77,87)(H,78,88)/t58-,59+,60-,61-/m1/s1. The van der Waals surface area contributed by atoms with E-state index in [1.807, 2.05) is 134 Å². The van der Waals surface area contributed by atoms with Crippen LogP contribution in [0.5, 0.6) is 0 Å². The van der Waals surface area contributed by atoms with Crippen LogP contribution < -0.4 is 10.6 Å². The van der Waals surface area contributed by atoms with Crippen LogP contribution in [0.25, 0.3) is 44.8 Å². The third-order valence-corrected chi connectivity index (χ3v) is 15.5. The van der Waals surface area contributed by atoms with E-state index in [0.717, 1.165) is 11.1 Å². The summed E-state index contributed by atoms with van der Waals surface area (Å²) in [4.78, 5) is 59.5. The monoisotopic (exact) mass is 1220 g/mol. The number of aromatic nitrogens is 3. The lowest BCUT2D eigenvalue weighted by Gasteiger charge is -2.20. The highest BCUT2D eigenvalue weighted by Gasteiger charge is 2.33. The second-order valence-corrected chi connectivity index (χ2v) is 23.0. The van der Waals surface area contributed by atoms with Crippen molar-refractivity contribution < 1.29 is 57.9 Å². The molecule has 3 heterocycles. The summed E-state index contributed by atoms with van der Waals surface area (Å²) in [5.41, 5.74) is 9.59. The Morgan fingerprint density at radius 2 is 0.789 bits per heavy atom. The molecule has 0 saturated heterocycles. The summed E-state index contributed by atoms with van der Waals surface area (Å²) >= 11 is 0. The smallest absolute Gasteiger partial charge is 0.308 e. The fourth-order valence-corrected chi connectivity index (χ4v) is 11.5. The van der Waals surface area contributed by atoms with Crippen LogP contribution >= 0.6 is 0 Å². The van der Waals surface area contributed by atoms with Gasteiger partial charge in [0, 0.05) is 47.0 Å². The molecule has 3 aromatic heterocycles. The molecule has 0 fully saturated rings. The minimum Gasteiger partial charge on any atom is -0.459 e. The van der Waals surface area contributed by atoms with Gasteiger partial charge in [-0.2, -0.15) is 0 Å². The number of para-hydroxylation sites is 2. The van der Waals surface area contributed by atoms with Gasteiger partial charge in [0.2, 0.25) is 0 Å². The van der Waals surface area contributed by atoms with Gasteiger partial charge in [0.05, 0.1) is 71.2 Å². The average molecular weight is 1220 g/mol. The summed E-state index contributed by atoms with van der Waals surface area (Å²) in [7, 11) is 0. The van der Waals surface area contributed by atoms with E-state index in [4.69, 9.17) is 9.47 Å². The molecule has 2 amide bonds. The number of hydrogen-bond donors (Lipinski definition) is 6. The predicted octanol–water partition coefficient (Wildman–Crippen LogP) is 13.7. The van der Waals surface area contributed by atoms with Crippen molar-refractivity contribution in [3.05, 3.63) is 234 Å². The van der Waals surface area contributed by atoms with Gasteiger partial charge in [0.15, 0.2) is 0 Å². The molecule has 6 N–H and O–H groups in total. The SMILES string of the molecule is CC(C)c1c(C(=O)Nc2ccccc2)c(-c2ccccc2)c(-c2ccc(F)cc2)n1CC[C@@H](O)C[C@@H](O)CC(=O)OCc1cccc(COC(=O)C[C@H](O)C[C@@H](O)CCn2c(-c3ccc(F)cc3)c(-c3ccccc3)c(C(=O)Nc3ccccc3)c2C(C)C)n1. The van der Waals surface area contributed by atoms with Crippen molar-refractivity contribution in [3.63, 3.8) is 0 Å². The molecule has 9 rings (SSSR count). The first-order chi connectivity index (χ1) is 43.4. The van der Waals surface area contributed by atoms with Gasteiger partial charge in [-0.1, -0.05) is 131 Å². The summed E-state index contributed by atoms with van der Waals surface area (Å²) in [6, 6.07) is 54.1. The molecule has 0 aliphatic rings. The van der Waals surface area contributed by atoms with Crippen molar-refractivity contribution in [1.29, 1.82) is 0 Å². The molecule has 0 aliphatic carbocycles. The van der Waals surface area contributed by atoms with Crippen molar-refractivity contribution in [2.24, 2.45) is 0 Å². The first-order valence-electron chi connectivity index (χ1n) is 30.3. The third kappa shape index (κ3) is 16.7. The molecule has 466 valence electrons. The van der Waals surface area contributed by atoms with E-state index in [1.165, 1.54) is 24.3 Å². The zero-order valence-electron chi connectivity index (χ0n) is 50.8. The van der Waals surface area contributed by atoms with Crippen molar-refractivity contribution in [3.8, 4) is 44.8 Å². The highest BCUT2D eigenvalue weighted by atomic mass is 19.1. The zero-order valence-corrected chi connectivity index (χ0v) is 50.8. The number of carbonyl (C=O) groups excluding carboxylic acids is 4. The minimum atomic E-state index is -1.28. The molecule has 0 aliphatic heterocycles. The summed E-state index contributed by atoms with van der Waals surface area (Å²) in [5.74, 6) is -3.39. The molecule has 0 bridgehead atoms. The van der Waals surface area contributed by atoms with Crippen LogP contribution in [0.2, 0.25) is 0 Å². The van der Waals surface area contributed by atoms with E-state index in [2.05, 4.69) is 15.6 Å². The Kier molecular flexibility index (Phi) is 22.2. The highest BCUT2D eigenvalue weighted by Crippen LogP contribution is 2.45. The van der Waals surface area contributed by atoms with Gasteiger partial charge in [0.25, 0.3) is 11.8 Å². The number of aliphatic hydroxyl groups is 4. The number of anilines is 2. The maximum Gasteiger partial charge on any atom is 0.308 e. The van der Waals surface area contributed by atoms with E-state index in [9.17, 15) is 48.4 Å². The number of carbonyl (C=O) groups is 4. The lowest BCUT2D eigenvalue weighted by atomic mass is 9.94. The molecule has 6 aromatic carbocycles. The number of pyridine rings is 1. The van der Waals surface area contributed by atoms with Crippen LogP contribution in [0, 0.1) is 11.6 Å². The van der Waals surface area contributed by atoms with Gasteiger partial charge in [-0.25, -0.2) is 8.78 Å². The number of ether oxygens (including phenoxy) is 2. The number of benzene rings is 6. The predicted molar refractivity (Wildman–Crippen MR) is 343 cm³/mol. The molecule has 15 nitrogen and oxygen atoms in total. The van der Waals surface area contributed by atoms with Crippen molar-refractivity contribution in [2.75, 3.05) is 10.6 Å². The Labute approximate surface area is 522 Å². The minimum absolute atomic E-state index is 0.123. The summed E-state index contributed by atoms with van der Waals surface area (Å²) < 4.78 is 43.7. The highest BCUT2D eigenvalue weighted by molar-refractivity contribution is 6.13. The van der Waals surface area contributed by atoms with Gasteiger partial charge in [-0.3, -0.25) is 24.2 Å². The molecular weight excluding hydrogens is 1140 g/mol. The molecule has 0 radical (unpaired) electrons. The fraction of sp³-hybridized carbons (Fsp3) is 0.274. The summed E-state index contributed by atoms with van der Waals surface area (Å²) in [5, 5.41) is 51.0. The first kappa shape index (κ1) is 65.1. The summed E-state index contributed by atoms with van der Waals surface area (Å²) in [6.07, 6.45) is -5.68. The van der Waals surface area contributed by atoms with Gasteiger partial charge in [-0.05, 0) is 145 Å². The van der Waals surface area contributed by atoms with Gasteiger partial charge >= 0.3 is 11.9 Å². The van der Waals surface area contributed by atoms with E-state index >= 15 is 0 Å². The van der Waals surface area contributed by atoms with Crippen LogP contribution in [0.1, 0.15) is 122 Å². The van der Waals surface area contributed by atoms with Crippen LogP contribution in [0.15, 0.2) is 188 Å². The Morgan fingerprint density at radius 1 is 0.444 bits per heavy atom.